The van der Waals surface area contributed by atoms with E-state index in [4.69, 9.17) is 0 Å². The van der Waals surface area contributed by atoms with Gasteiger partial charge in [0.2, 0.25) is 5.91 Å². The predicted molar refractivity (Wildman–Crippen MR) is 70.7 cm³/mol. The van der Waals surface area contributed by atoms with Gasteiger partial charge in [-0.2, -0.15) is 0 Å². The van der Waals surface area contributed by atoms with E-state index < -0.39 is 0 Å². The fourth-order valence-electron chi connectivity index (χ4n) is 1.86. The van der Waals surface area contributed by atoms with E-state index >= 15 is 0 Å². The monoisotopic (exact) mass is 252 g/mol. The van der Waals surface area contributed by atoms with Crippen molar-refractivity contribution >= 4 is 5.91 Å². The third kappa shape index (κ3) is 3.81. The van der Waals surface area contributed by atoms with Crippen LogP contribution in [0.5, 0.6) is 0 Å². The standard InChI is InChI=1S/C14H21FN2O/c1-4-17(5-2)14(18)10-16-11(3)12-8-6-7-9-13(12)15/h6-9,11,16H,4-5,10H2,1-3H3/t11-/m1/s1. The summed E-state index contributed by atoms with van der Waals surface area (Å²) in [7, 11) is 0. The highest BCUT2D eigenvalue weighted by molar-refractivity contribution is 5.78. The fourth-order valence-corrected chi connectivity index (χ4v) is 1.86. The fraction of sp³-hybridized carbons (Fsp3) is 0.500. The maximum Gasteiger partial charge on any atom is 0.236 e. The number of carbonyl (C=O) groups is 1. The summed E-state index contributed by atoms with van der Waals surface area (Å²) >= 11 is 0. The molecular weight excluding hydrogens is 231 g/mol. The summed E-state index contributed by atoms with van der Waals surface area (Å²) in [5.41, 5.74) is 0.588. The molecule has 0 saturated carbocycles. The van der Waals surface area contributed by atoms with Gasteiger partial charge in [-0.3, -0.25) is 4.79 Å². The number of nitrogens with one attached hydrogen (secondary N) is 1. The van der Waals surface area contributed by atoms with Gasteiger partial charge in [0.05, 0.1) is 6.54 Å². The molecule has 0 radical (unpaired) electrons. The quantitative estimate of drug-likeness (QED) is 0.843. The molecule has 1 rings (SSSR count). The molecule has 0 heterocycles. The second-order valence-electron chi connectivity index (χ2n) is 4.19. The molecule has 0 saturated heterocycles. The van der Waals surface area contributed by atoms with Crippen LogP contribution in [-0.2, 0) is 4.79 Å². The van der Waals surface area contributed by atoms with Crippen molar-refractivity contribution in [3.05, 3.63) is 35.6 Å². The smallest absolute Gasteiger partial charge is 0.236 e. The first-order valence-electron chi connectivity index (χ1n) is 6.35. The van der Waals surface area contributed by atoms with Gasteiger partial charge in [-0.15, -0.1) is 0 Å². The number of carbonyl (C=O) groups excluding carboxylic acids is 1. The number of hydrogen-bond donors (Lipinski definition) is 1. The Labute approximate surface area is 108 Å². The molecule has 1 aromatic rings. The number of benzene rings is 1. The highest BCUT2D eigenvalue weighted by atomic mass is 19.1. The topological polar surface area (TPSA) is 32.3 Å². The second-order valence-corrected chi connectivity index (χ2v) is 4.19. The number of likely N-dealkylation sites (N-methyl/N-ethyl adjacent to an activating group) is 1. The van der Waals surface area contributed by atoms with Crippen molar-refractivity contribution in [3.63, 3.8) is 0 Å². The van der Waals surface area contributed by atoms with Crippen molar-refractivity contribution in [2.24, 2.45) is 0 Å². The van der Waals surface area contributed by atoms with Crippen molar-refractivity contribution in [1.29, 1.82) is 0 Å². The van der Waals surface area contributed by atoms with Crippen LogP contribution in [0.3, 0.4) is 0 Å². The molecule has 18 heavy (non-hydrogen) atoms. The molecule has 0 aromatic heterocycles. The Morgan fingerprint density at radius 1 is 1.33 bits per heavy atom. The van der Waals surface area contributed by atoms with Crippen LogP contribution in [0.2, 0.25) is 0 Å². The van der Waals surface area contributed by atoms with Gasteiger partial charge >= 0.3 is 0 Å². The Balaban J connectivity index is 2.54. The van der Waals surface area contributed by atoms with Crippen molar-refractivity contribution in [2.75, 3.05) is 19.6 Å². The zero-order valence-electron chi connectivity index (χ0n) is 11.2. The van der Waals surface area contributed by atoms with Gasteiger partial charge in [0.1, 0.15) is 5.82 Å². The molecule has 1 N–H and O–H groups in total. The molecule has 4 heteroatoms. The van der Waals surface area contributed by atoms with E-state index in [1.165, 1.54) is 6.07 Å². The number of rotatable bonds is 6. The normalized spacial score (nSPS) is 12.2. The summed E-state index contributed by atoms with van der Waals surface area (Å²) in [6.07, 6.45) is 0. The average Bonchev–Trinajstić information content (AvgIpc) is 2.38. The van der Waals surface area contributed by atoms with Crippen molar-refractivity contribution in [3.8, 4) is 0 Å². The van der Waals surface area contributed by atoms with Crippen molar-refractivity contribution in [1.82, 2.24) is 10.2 Å². The van der Waals surface area contributed by atoms with Crippen LogP contribution >= 0.6 is 0 Å². The zero-order chi connectivity index (χ0) is 13.5. The highest BCUT2D eigenvalue weighted by Gasteiger charge is 2.13. The van der Waals surface area contributed by atoms with Crippen molar-refractivity contribution < 1.29 is 9.18 Å². The average molecular weight is 252 g/mol. The molecule has 0 spiro atoms. The van der Waals surface area contributed by atoms with E-state index in [0.717, 1.165) is 0 Å². The van der Waals surface area contributed by atoms with Gasteiger partial charge in [-0.25, -0.2) is 4.39 Å². The summed E-state index contributed by atoms with van der Waals surface area (Å²) in [5, 5.41) is 3.06. The minimum atomic E-state index is -0.243. The first kappa shape index (κ1) is 14.6. The lowest BCUT2D eigenvalue weighted by Crippen LogP contribution is -2.38. The lowest BCUT2D eigenvalue weighted by atomic mass is 10.1. The number of hydrogen-bond acceptors (Lipinski definition) is 2. The Hall–Kier alpha value is -1.42. The largest absolute Gasteiger partial charge is 0.342 e. The van der Waals surface area contributed by atoms with Crippen LogP contribution in [0.15, 0.2) is 24.3 Å². The molecule has 100 valence electrons. The van der Waals surface area contributed by atoms with Gasteiger partial charge in [0.25, 0.3) is 0 Å². The molecule has 1 aromatic carbocycles. The second kappa shape index (κ2) is 7.11. The van der Waals surface area contributed by atoms with Crippen LogP contribution in [0.25, 0.3) is 0 Å². The van der Waals surface area contributed by atoms with E-state index in [1.807, 2.05) is 20.8 Å². The van der Waals surface area contributed by atoms with Crippen LogP contribution in [0.1, 0.15) is 32.4 Å². The molecule has 0 unspecified atom stereocenters. The first-order chi connectivity index (χ1) is 8.60. The first-order valence-corrected chi connectivity index (χ1v) is 6.35. The Morgan fingerprint density at radius 3 is 2.50 bits per heavy atom. The van der Waals surface area contributed by atoms with Gasteiger partial charge in [0, 0.05) is 24.7 Å². The number of amides is 1. The highest BCUT2D eigenvalue weighted by Crippen LogP contribution is 2.15. The predicted octanol–water partition coefficient (Wildman–Crippen LogP) is 2.34. The molecule has 0 aliphatic carbocycles. The lowest BCUT2D eigenvalue weighted by molar-refractivity contribution is -0.129. The Kier molecular flexibility index (Phi) is 5.78. The molecule has 1 amide bonds. The van der Waals surface area contributed by atoms with Gasteiger partial charge in [-0.05, 0) is 26.8 Å². The Morgan fingerprint density at radius 2 is 1.94 bits per heavy atom. The maximum absolute atomic E-state index is 13.5. The Bertz CT molecular complexity index is 391. The zero-order valence-corrected chi connectivity index (χ0v) is 11.2. The number of halogens is 1. The van der Waals surface area contributed by atoms with E-state index in [-0.39, 0.29) is 24.3 Å². The van der Waals surface area contributed by atoms with Crippen LogP contribution in [0, 0.1) is 5.82 Å². The summed E-state index contributed by atoms with van der Waals surface area (Å²) in [6, 6.07) is 6.44. The summed E-state index contributed by atoms with van der Waals surface area (Å²) in [5.74, 6) is -0.198. The van der Waals surface area contributed by atoms with Gasteiger partial charge in [-0.1, -0.05) is 18.2 Å². The van der Waals surface area contributed by atoms with E-state index in [0.29, 0.717) is 18.7 Å². The molecule has 3 nitrogen and oxygen atoms in total. The molecule has 0 aliphatic rings. The van der Waals surface area contributed by atoms with E-state index in [9.17, 15) is 9.18 Å². The minimum Gasteiger partial charge on any atom is -0.342 e. The molecule has 0 aliphatic heterocycles. The van der Waals surface area contributed by atoms with E-state index in [1.54, 1.807) is 23.1 Å². The summed E-state index contributed by atoms with van der Waals surface area (Å²) in [4.78, 5) is 13.5. The van der Waals surface area contributed by atoms with Gasteiger partial charge in [0.15, 0.2) is 0 Å². The maximum atomic E-state index is 13.5. The minimum absolute atomic E-state index is 0.0446. The third-order valence-corrected chi connectivity index (χ3v) is 3.05. The summed E-state index contributed by atoms with van der Waals surface area (Å²) < 4.78 is 13.5. The SMILES string of the molecule is CCN(CC)C(=O)CN[C@H](C)c1ccccc1F. The lowest BCUT2D eigenvalue weighted by Gasteiger charge is -2.21. The number of nitrogens with zero attached hydrogens (tertiary/aromatic N) is 1. The third-order valence-electron chi connectivity index (χ3n) is 3.05. The molecular formula is C14H21FN2O. The van der Waals surface area contributed by atoms with Crippen molar-refractivity contribution in [2.45, 2.75) is 26.8 Å². The van der Waals surface area contributed by atoms with Crippen LogP contribution in [0.4, 0.5) is 4.39 Å². The summed E-state index contributed by atoms with van der Waals surface area (Å²) in [6.45, 7) is 7.38. The van der Waals surface area contributed by atoms with Crippen LogP contribution in [-0.4, -0.2) is 30.4 Å². The molecule has 0 bridgehead atoms. The van der Waals surface area contributed by atoms with Crippen LogP contribution < -0.4 is 5.32 Å². The van der Waals surface area contributed by atoms with Gasteiger partial charge < -0.3 is 10.2 Å². The molecule has 0 fully saturated rings. The van der Waals surface area contributed by atoms with E-state index in [2.05, 4.69) is 5.32 Å². The molecule has 1 atom stereocenters.